The predicted octanol–water partition coefficient (Wildman–Crippen LogP) is 1.74. The largest absolute Gasteiger partial charge is 0.388 e. The molecular formula is C14H16N4S. The van der Waals surface area contributed by atoms with Gasteiger partial charge in [-0.25, -0.2) is 0 Å². The molecule has 0 radical (unpaired) electrons. The van der Waals surface area contributed by atoms with Crippen molar-refractivity contribution >= 4 is 17.2 Å². The zero-order valence-electron chi connectivity index (χ0n) is 10.8. The Morgan fingerprint density at radius 2 is 1.95 bits per heavy atom. The first kappa shape index (κ1) is 13.6. The SMILES string of the molecule is CN(Cc1ccncc1)Cc1cccnc1C(N)=S. The Kier molecular flexibility index (Phi) is 4.54. The van der Waals surface area contributed by atoms with Crippen LogP contribution >= 0.6 is 12.2 Å². The van der Waals surface area contributed by atoms with Crippen molar-refractivity contribution in [3.05, 3.63) is 59.7 Å². The summed E-state index contributed by atoms with van der Waals surface area (Å²) in [6.07, 6.45) is 5.31. The van der Waals surface area contributed by atoms with Crippen molar-refractivity contribution in [1.82, 2.24) is 14.9 Å². The molecule has 0 saturated carbocycles. The molecule has 0 fully saturated rings. The minimum absolute atomic E-state index is 0.341. The number of nitrogens with zero attached hydrogens (tertiary/aromatic N) is 3. The molecule has 4 nitrogen and oxygen atoms in total. The molecule has 2 heterocycles. The minimum atomic E-state index is 0.341. The molecule has 19 heavy (non-hydrogen) atoms. The Balaban J connectivity index is 2.07. The van der Waals surface area contributed by atoms with Gasteiger partial charge in [-0.2, -0.15) is 0 Å². The fourth-order valence-corrected chi connectivity index (χ4v) is 2.12. The van der Waals surface area contributed by atoms with E-state index in [0.717, 1.165) is 18.7 Å². The molecule has 2 N–H and O–H groups in total. The zero-order valence-corrected chi connectivity index (χ0v) is 11.6. The molecule has 0 aliphatic carbocycles. The third kappa shape index (κ3) is 3.81. The average molecular weight is 272 g/mol. The number of aromatic nitrogens is 2. The predicted molar refractivity (Wildman–Crippen MR) is 79.5 cm³/mol. The Hall–Kier alpha value is -1.85. The number of hydrogen-bond donors (Lipinski definition) is 1. The lowest BCUT2D eigenvalue weighted by Crippen LogP contribution is -2.21. The van der Waals surface area contributed by atoms with E-state index >= 15 is 0 Å². The maximum atomic E-state index is 5.69. The fourth-order valence-electron chi connectivity index (χ4n) is 1.93. The third-order valence-electron chi connectivity index (χ3n) is 2.77. The standard InChI is InChI=1S/C14H16N4S/c1-18(9-11-4-7-16-8-5-11)10-12-3-2-6-17-13(12)14(15)19/h2-8H,9-10H2,1H3,(H2,15,19). The van der Waals surface area contributed by atoms with E-state index in [1.165, 1.54) is 5.56 Å². The molecule has 98 valence electrons. The van der Waals surface area contributed by atoms with Crippen LogP contribution in [0.1, 0.15) is 16.8 Å². The van der Waals surface area contributed by atoms with E-state index in [1.54, 1.807) is 18.6 Å². The van der Waals surface area contributed by atoms with E-state index in [4.69, 9.17) is 18.0 Å². The van der Waals surface area contributed by atoms with E-state index in [0.29, 0.717) is 10.7 Å². The van der Waals surface area contributed by atoms with Gasteiger partial charge in [0.05, 0.1) is 0 Å². The number of rotatable bonds is 5. The third-order valence-corrected chi connectivity index (χ3v) is 2.96. The maximum absolute atomic E-state index is 5.69. The van der Waals surface area contributed by atoms with Gasteiger partial charge in [-0.3, -0.25) is 14.9 Å². The highest BCUT2D eigenvalue weighted by Crippen LogP contribution is 2.10. The molecule has 0 spiro atoms. The second kappa shape index (κ2) is 6.36. The highest BCUT2D eigenvalue weighted by Gasteiger charge is 2.08. The van der Waals surface area contributed by atoms with E-state index in [9.17, 15) is 0 Å². The average Bonchev–Trinajstić information content (AvgIpc) is 2.40. The lowest BCUT2D eigenvalue weighted by Gasteiger charge is -2.18. The van der Waals surface area contributed by atoms with E-state index < -0.39 is 0 Å². The highest BCUT2D eigenvalue weighted by molar-refractivity contribution is 7.80. The van der Waals surface area contributed by atoms with Gasteiger partial charge in [0, 0.05) is 31.7 Å². The first-order chi connectivity index (χ1) is 9.16. The Labute approximate surface area is 118 Å². The van der Waals surface area contributed by atoms with Crippen molar-refractivity contribution in [1.29, 1.82) is 0 Å². The molecule has 2 aromatic rings. The van der Waals surface area contributed by atoms with Crippen LogP contribution in [0.25, 0.3) is 0 Å². The monoisotopic (exact) mass is 272 g/mol. The molecule has 5 heteroatoms. The molecule has 2 rings (SSSR count). The van der Waals surface area contributed by atoms with E-state index in [1.807, 2.05) is 24.3 Å². The second-order valence-electron chi connectivity index (χ2n) is 4.40. The van der Waals surface area contributed by atoms with Crippen LogP contribution < -0.4 is 5.73 Å². The maximum Gasteiger partial charge on any atom is 0.123 e. The lowest BCUT2D eigenvalue weighted by molar-refractivity contribution is 0.318. The number of hydrogen-bond acceptors (Lipinski definition) is 4. The van der Waals surface area contributed by atoms with Crippen molar-refractivity contribution in [2.45, 2.75) is 13.1 Å². The van der Waals surface area contributed by atoms with Crippen molar-refractivity contribution in [3.63, 3.8) is 0 Å². The van der Waals surface area contributed by atoms with Gasteiger partial charge in [0.2, 0.25) is 0 Å². The van der Waals surface area contributed by atoms with Crippen LogP contribution in [-0.4, -0.2) is 26.9 Å². The summed E-state index contributed by atoms with van der Waals surface area (Å²) in [5.74, 6) is 0. The van der Waals surface area contributed by atoms with Crippen LogP contribution in [0.3, 0.4) is 0 Å². The van der Waals surface area contributed by atoms with Crippen LogP contribution in [0.15, 0.2) is 42.9 Å². The van der Waals surface area contributed by atoms with E-state index in [2.05, 4.69) is 21.9 Å². The van der Waals surface area contributed by atoms with Gasteiger partial charge in [0.15, 0.2) is 0 Å². The quantitative estimate of drug-likeness (QED) is 0.840. The van der Waals surface area contributed by atoms with Crippen molar-refractivity contribution in [2.75, 3.05) is 7.05 Å². The van der Waals surface area contributed by atoms with Gasteiger partial charge in [-0.15, -0.1) is 0 Å². The van der Waals surface area contributed by atoms with Gasteiger partial charge in [-0.1, -0.05) is 18.3 Å². The number of pyridine rings is 2. The van der Waals surface area contributed by atoms with Gasteiger partial charge in [0.25, 0.3) is 0 Å². The van der Waals surface area contributed by atoms with Crippen LogP contribution in [-0.2, 0) is 13.1 Å². The minimum Gasteiger partial charge on any atom is -0.388 e. The summed E-state index contributed by atoms with van der Waals surface area (Å²) in [7, 11) is 2.05. The molecule has 0 atom stereocenters. The molecule has 0 amide bonds. The van der Waals surface area contributed by atoms with Gasteiger partial charge in [-0.05, 0) is 36.4 Å². The Morgan fingerprint density at radius 1 is 1.21 bits per heavy atom. The normalized spacial score (nSPS) is 10.6. The fraction of sp³-hybridized carbons (Fsp3) is 0.214. The Morgan fingerprint density at radius 3 is 2.63 bits per heavy atom. The summed E-state index contributed by atoms with van der Waals surface area (Å²) in [5, 5.41) is 0. The smallest absolute Gasteiger partial charge is 0.123 e. The highest BCUT2D eigenvalue weighted by atomic mass is 32.1. The lowest BCUT2D eigenvalue weighted by atomic mass is 10.1. The van der Waals surface area contributed by atoms with Gasteiger partial charge < -0.3 is 5.73 Å². The summed E-state index contributed by atoms with van der Waals surface area (Å²) in [4.78, 5) is 10.8. The molecule has 0 aliphatic heterocycles. The molecular weight excluding hydrogens is 256 g/mol. The number of nitrogens with two attached hydrogens (primary N) is 1. The first-order valence-corrected chi connectivity index (χ1v) is 6.39. The van der Waals surface area contributed by atoms with Crippen LogP contribution in [0.2, 0.25) is 0 Å². The van der Waals surface area contributed by atoms with Crippen LogP contribution in [0.4, 0.5) is 0 Å². The summed E-state index contributed by atoms with van der Waals surface area (Å²) < 4.78 is 0. The topological polar surface area (TPSA) is 55.0 Å². The molecule has 0 aliphatic rings. The van der Waals surface area contributed by atoms with Crippen LogP contribution in [0, 0.1) is 0 Å². The zero-order chi connectivity index (χ0) is 13.7. The second-order valence-corrected chi connectivity index (χ2v) is 4.84. The van der Waals surface area contributed by atoms with E-state index in [-0.39, 0.29) is 0 Å². The Bertz CT molecular complexity index is 556. The summed E-state index contributed by atoms with van der Waals surface area (Å²) in [6, 6.07) is 7.92. The number of thiocarbonyl (C=S) groups is 1. The molecule has 0 unspecified atom stereocenters. The van der Waals surface area contributed by atoms with Crippen molar-refractivity contribution in [2.24, 2.45) is 5.73 Å². The summed E-state index contributed by atoms with van der Waals surface area (Å²) in [6.45, 7) is 1.59. The molecule has 0 saturated heterocycles. The van der Waals surface area contributed by atoms with Crippen molar-refractivity contribution in [3.8, 4) is 0 Å². The molecule has 2 aromatic heterocycles. The first-order valence-electron chi connectivity index (χ1n) is 5.98. The van der Waals surface area contributed by atoms with Gasteiger partial charge in [0.1, 0.15) is 10.7 Å². The molecule has 0 aromatic carbocycles. The molecule has 0 bridgehead atoms. The summed E-state index contributed by atoms with van der Waals surface area (Å²) in [5.41, 5.74) is 8.66. The summed E-state index contributed by atoms with van der Waals surface area (Å²) >= 11 is 5.02. The van der Waals surface area contributed by atoms with Crippen LogP contribution in [0.5, 0.6) is 0 Å². The van der Waals surface area contributed by atoms with Crippen molar-refractivity contribution < 1.29 is 0 Å². The van der Waals surface area contributed by atoms with Gasteiger partial charge >= 0.3 is 0 Å².